The Morgan fingerprint density at radius 1 is 0.571 bits per heavy atom. The quantitative estimate of drug-likeness (QED) is 0.589. The molecule has 2 aliphatic heterocycles. The van der Waals surface area contributed by atoms with E-state index in [1.165, 1.54) is 51.6 Å². The second kappa shape index (κ2) is 6.60. The first-order valence-corrected chi connectivity index (χ1v) is 10.1. The average molecular weight is 290 g/mol. The van der Waals surface area contributed by atoms with Crippen molar-refractivity contribution >= 4 is 0 Å². The maximum absolute atomic E-state index is 2.97. The fraction of sp³-hybridized carbons (Fsp3) is 1.00. The van der Waals surface area contributed by atoms with E-state index in [1.54, 1.807) is 44.9 Å². The highest BCUT2D eigenvalue weighted by atomic mass is 15.2. The highest BCUT2D eigenvalue weighted by Crippen LogP contribution is 2.45. The van der Waals surface area contributed by atoms with Gasteiger partial charge in [-0.2, -0.15) is 0 Å². The fourth-order valence-corrected chi connectivity index (χ4v) is 6.40. The van der Waals surface area contributed by atoms with Gasteiger partial charge in [-0.25, -0.2) is 0 Å². The van der Waals surface area contributed by atoms with Gasteiger partial charge in [0.25, 0.3) is 0 Å². The van der Waals surface area contributed by atoms with Gasteiger partial charge in [0.1, 0.15) is 0 Å². The molecular formula is C20H35N. The van der Waals surface area contributed by atoms with E-state index in [9.17, 15) is 0 Å². The van der Waals surface area contributed by atoms with Crippen molar-refractivity contribution in [2.75, 3.05) is 13.1 Å². The van der Waals surface area contributed by atoms with Crippen LogP contribution in [-0.4, -0.2) is 24.0 Å². The van der Waals surface area contributed by atoms with Crippen molar-refractivity contribution in [3.63, 3.8) is 0 Å². The summed E-state index contributed by atoms with van der Waals surface area (Å²) >= 11 is 0. The Hall–Kier alpha value is -0.0400. The largest absolute Gasteiger partial charge is 0.300 e. The minimum atomic E-state index is 0.973. The van der Waals surface area contributed by atoms with E-state index in [4.69, 9.17) is 0 Å². The van der Waals surface area contributed by atoms with Crippen molar-refractivity contribution in [2.45, 2.75) is 89.5 Å². The average Bonchev–Trinajstić information content (AvgIpc) is 2.66. The van der Waals surface area contributed by atoms with Crippen LogP contribution in [-0.2, 0) is 0 Å². The lowest BCUT2D eigenvalue weighted by atomic mass is 9.72. The fourth-order valence-electron chi connectivity index (χ4n) is 6.40. The van der Waals surface area contributed by atoms with Gasteiger partial charge in [-0.05, 0) is 68.7 Å². The maximum Gasteiger partial charge on any atom is 0.0126 e. The topological polar surface area (TPSA) is 3.24 Å². The first-order valence-electron chi connectivity index (χ1n) is 10.1. The van der Waals surface area contributed by atoms with Gasteiger partial charge >= 0.3 is 0 Å². The molecule has 120 valence electrons. The Bertz CT molecular complexity index is 335. The van der Waals surface area contributed by atoms with Crippen LogP contribution in [0.1, 0.15) is 83.5 Å². The first-order chi connectivity index (χ1) is 10.4. The van der Waals surface area contributed by atoms with Gasteiger partial charge in [-0.15, -0.1) is 0 Å². The monoisotopic (exact) mass is 289 g/mol. The lowest BCUT2D eigenvalue weighted by Gasteiger charge is -2.41. The van der Waals surface area contributed by atoms with E-state index >= 15 is 0 Å². The molecule has 0 amide bonds. The molecule has 0 aromatic rings. The summed E-state index contributed by atoms with van der Waals surface area (Å²) in [7, 11) is 0. The SMILES string of the molecule is C1CCC[C@@H]2CCCC(CC1)C1CC2CC2CCCN1C2. The van der Waals surface area contributed by atoms with Crippen molar-refractivity contribution in [3.05, 3.63) is 0 Å². The minimum absolute atomic E-state index is 0.973. The minimum Gasteiger partial charge on any atom is -0.300 e. The molecule has 0 spiro atoms. The maximum atomic E-state index is 2.97. The number of piperidine rings is 1. The Kier molecular flexibility index (Phi) is 4.57. The van der Waals surface area contributed by atoms with Crippen molar-refractivity contribution < 1.29 is 0 Å². The molecule has 0 radical (unpaired) electrons. The molecule has 2 saturated heterocycles. The highest BCUT2D eigenvalue weighted by Gasteiger charge is 2.40. The number of nitrogens with zero attached hydrogens (tertiary/aromatic N) is 1. The lowest BCUT2D eigenvalue weighted by Crippen LogP contribution is -2.45. The molecule has 3 aliphatic carbocycles. The molecule has 0 aromatic heterocycles. The first kappa shape index (κ1) is 14.5. The summed E-state index contributed by atoms with van der Waals surface area (Å²) in [5.41, 5.74) is 0. The summed E-state index contributed by atoms with van der Waals surface area (Å²) in [6, 6.07) is 0.973. The Morgan fingerprint density at radius 3 is 2.24 bits per heavy atom. The summed E-state index contributed by atoms with van der Waals surface area (Å²) in [5.74, 6) is 4.28. The molecule has 2 heterocycles. The molecule has 5 rings (SSSR count). The molecule has 6 atom stereocenters. The Labute approximate surface area is 131 Å². The molecule has 1 nitrogen and oxygen atoms in total. The van der Waals surface area contributed by atoms with E-state index < -0.39 is 0 Å². The molecule has 5 unspecified atom stereocenters. The molecule has 21 heavy (non-hydrogen) atoms. The van der Waals surface area contributed by atoms with Crippen molar-refractivity contribution in [3.8, 4) is 0 Å². The zero-order valence-electron chi connectivity index (χ0n) is 13.9. The van der Waals surface area contributed by atoms with Gasteiger partial charge in [0, 0.05) is 12.6 Å². The zero-order valence-corrected chi connectivity index (χ0v) is 13.9. The van der Waals surface area contributed by atoms with Crippen LogP contribution in [0.3, 0.4) is 0 Å². The predicted molar refractivity (Wildman–Crippen MR) is 89.3 cm³/mol. The van der Waals surface area contributed by atoms with Crippen LogP contribution >= 0.6 is 0 Å². The van der Waals surface area contributed by atoms with Crippen LogP contribution < -0.4 is 0 Å². The van der Waals surface area contributed by atoms with Gasteiger partial charge in [-0.3, -0.25) is 4.90 Å². The van der Waals surface area contributed by atoms with Gasteiger partial charge < -0.3 is 0 Å². The summed E-state index contributed by atoms with van der Waals surface area (Å²) in [6.45, 7) is 2.89. The van der Waals surface area contributed by atoms with E-state index in [0.29, 0.717) is 0 Å². The number of rotatable bonds is 0. The second-order valence-electron chi connectivity index (χ2n) is 8.74. The number of fused-ring (bicyclic) bond motifs is 9. The molecule has 5 fully saturated rings. The van der Waals surface area contributed by atoms with Crippen LogP contribution in [0, 0.1) is 23.7 Å². The second-order valence-corrected chi connectivity index (χ2v) is 8.74. The van der Waals surface area contributed by atoms with Crippen molar-refractivity contribution in [1.82, 2.24) is 4.90 Å². The third-order valence-corrected chi connectivity index (χ3v) is 7.46. The lowest BCUT2D eigenvalue weighted by molar-refractivity contribution is 0.0801. The molecule has 5 aliphatic rings. The van der Waals surface area contributed by atoms with E-state index in [-0.39, 0.29) is 0 Å². The van der Waals surface area contributed by atoms with Crippen molar-refractivity contribution in [2.24, 2.45) is 23.7 Å². The molecular weight excluding hydrogens is 254 g/mol. The van der Waals surface area contributed by atoms with Crippen LogP contribution in [0.15, 0.2) is 0 Å². The Balaban J connectivity index is 1.63. The van der Waals surface area contributed by atoms with Crippen LogP contribution in [0.2, 0.25) is 0 Å². The van der Waals surface area contributed by atoms with Gasteiger partial charge in [-0.1, -0.05) is 44.9 Å². The van der Waals surface area contributed by atoms with Gasteiger partial charge in [0.15, 0.2) is 0 Å². The number of hydrogen-bond acceptors (Lipinski definition) is 1. The predicted octanol–water partition coefficient (Wildman–Crippen LogP) is 5.25. The van der Waals surface area contributed by atoms with E-state index in [1.807, 2.05) is 0 Å². The molecule has 0 aromatic carbocycles. The Morgan fingerprint density at radius 2 is 1.33 bits per heavy atom. The van der Waals surface area contributed by atoms with Crippen LogP contribution in [0.5, 0.6) is 0 Å². The normalized spacial score (nSPS) is 48.0. The van der Waals surface area contributed by atoms with Crippen molar-refractivity contribution in [1.29, 1.82) is 0 Å². The van der Waals surface area contributed by atoms with Crippen LogP contribution in [0.4, 0.5) is 0 Å². The summed E-state index contributed by atoms with van der Waals surface area (Å²) in [4.78, 5) is 2.97. The highest BCUT2D eigenvalue weighted by molar-refractivity contribution is 4.93. The third-order valence-electron chi connectivity index (χ3n) is 7.46. The molecule has 1 heteroatoms. The summed E-state index contributed by atoms with van der Waals surface area (Å²) < 4.78 is 0. The van der Waals surface area contributed by atoms with E-state index in [2.05, 4.69) is 4.90 Å². The molecule has 3 saturated carbocycles. The van der Waals surface area contributed by atoms with E-state index in [0.717, 1.165) is 29.7 Å². The third kappa shape index (κ3) is 3.19. The zero-order chi connectivity index (χ0) is 14.1. The van der Waals surface area contributed by atoms with Gasteiger partial charge in [0.05, 0.1) is 0 Å². The standard InChI is InChI=1S/C20H35N/c1-2-4-9-18-11-5-10-17(8-3-1)19-13-16-7-6-12-21(15-16)20(18)14-19/h16-20H,1-15H2/t16?,17-,18?,19?,20?/m1/s1. The molecule has 6 bridgehead atoms. The number of hydrogen-bond donors (Lipinski definition) is 0. The smallest absolute Gasteiger partial charge is 0.0126 e. The van der Waals surface area contributed by atoms with Gasteiger partial charge in [0.2, 0.25) is 0 Å². The summed E-state index contributed by atoms with van der Waals surface area (Å²) in [6.07, 6.45) is 20.1. The summed E-state index contributed by atoms with van der Waals surface area (Å²) in [5, 5.41) is 0. The van der Waals surface area contributed by atoms with Crippen LogP contribution in [0.25, 0.3) is 0 Å². The molecule has 0 N–H and O–H groups in total.